The maximum absolute atomic E-state index is 10.1. The smallest absolute Gasteiger partial charge is 0.212 e. The van der Waals surface area contributed by atoms with Crippen LogP contribution in [-0.4, -0.2) is 66.9 Å². The van der Waals surface area contributed by atoms with Gasteiger partial charge in [0.25, 0.3) is 0 Å². The number of pyridine rings is 2. The summed E-state index contributed by atoms with van der Waals surface area (Å²) in [7, 11) is 1.63. The molecule has 0 saturated carbocycles. The van der Waals surface area contributed by atoms with Gasteiger partial charge in [0, 0.05) is 49.5 Å². The van der Waals surface area contributed by atoms with Crippen molar-refractivity contribution in [3.63, 3.8) is 0 Å². The van der Waals surface area contributed by atoms with Crippen LogP contribution in [0.1, 0.15) is 12.0 Å². The Hall–Kier alpha value is -3.92. The molecule has 4 aromatic heterocycles. The summed E-state index contributed by atoms with van der Waals surface area (Å²) < 4.78 is 6.71. The molecule has 0 radical (unpaired) electrons. The van der Waals surface area contributed by atoms with Crippen LogP contribution in [-0.2, 0) is 6.54 Å². The van der Waals surface area contributed by atoms with Crippen molar-refractivity contribution in [3.05, 3.63) is 54.7 Å². The van der Waals surface area contributed by atoms with Gasteiger partial charge in [0.05, 0.1) is 48.8 Å². The van der Waals surface area contributed by atoms with E-state index < -0.39 is 0 Å². The molecule has 33 heavy (non-hydrogen) atoms. The Labute approximate surface area is 190 Å². The van der Waals surface area contributed by atoms with Crippen molar-refractivity contribution in [1.82, 2.24) is 29.5 Å². The number of hydrogen-bond acceptors (Lipinski definition) is 9. The number of nitrogens with two attached hydrogens (primary N) is 1. The van der Waals surface area contributed by atoms with E-state index in [1.54, 1.807) is 36.3 Å². The summed E-state index contributed by atoms with van der Waals surface area (Å²) in [5.74, 6) is 1.59. The van der Waals surface area contributed by atoms with Crippen LogP contribution in [0.25, 0.3) is 16.8 Å². The van der Waals surface area contributed by atoms with E-state index in [2.05, 4.69) is 35.9 Å². The number of aromatic hydroxyl groups is 1. The Balaban J connectivity index is 1.17. The highest BCUT2D eigenvalue weighted by Gasteiger charge is 2.44. The van der Waals surface area contributed by atoms with E-state index in [-0.39, 0.29) is 5.75 Å². The maximum Gasteiger partial charge on any atom is 0.212 e. The van der Waals surface area contributed by atoms with Gasteiger partial charge in [-0.25, -0.2) is 14.5 Å². The molecule has 3 aliphatic heterocycles. The molecule has 2 bridgehead atoms. The number of aromatic nitrogens is 5. The average molecular weight is 444 g/mol. The third kappa shape index (κ3) is 3.39. The first-order valence-corrected chi connectivity index (χ1v) is 10.9. The summed E-state index contributed by atoms with van der Waals surface area (Å²) in [5.41, 5.74) is 9.85. The van der Waals surface area contributed by atoms with Crippen molar-refractivity contribution in [1.29, 1.82) is 0 Å². The van der Waals surface area contributed by atoms with E-state index in [0.717, 1.165) is 25.5 Å². The number of fused-ring (bicyclic) bond motifs is 3. The normalized spacial score (nSPS) is 20.1. The first-order chi connectivity index (χ1) is 16.1. The van der Waals surface area contributed by atoms with Crippen molar-refractivity contribution in [3.8, 4) is 22.9 Å². The predicted molar refractivity (Wildman–Crippen MR) is 123 cm³/mol. The summed E-state index contributed by atoms with van der Waals surface area (Å²) in [6, 6.07) is 6.60. The third-order valence-corrected chi connectivity index (χ3v) is 6.58. The molecule has 3 aliphatic rings. The van der Waals surface area contributed by atoms with Gasteiger partial charge in [0.1, 0.15) is 11.6 Å². The molecule has 3 fully saturated rings. The molecule has 0 aromatic carbocycles. The van der Waals surface area contributed by atoms with Gasteiger partial charge in [-0.3, -0.25) is 9.88 Å². The Morgan fingerprint density at radius 2 is 1.94 bits per heavy atom. The number of piperidine rings is 1. The third-order valence-electron chi connectivity index (χ3n) is 6.58. The lowest BCUT2D eigenvalue weighted by atomic mass is 9.87. The fourth-order valence-electron chi connectivity index (χ4n) is 4.92. The van der Waals surface area contributed by atoms with Crippen molar-refractivity contribution in [2.24, 2.45) is 0 Å². The number of nitrogens with zero attached hydrogens (tertiary/aromatic N) is 7. The van der Waals surface area contributed by atoms with E-state index in [9.17, 15) is 5.11 Å². The first-order valence-electron chi connectivity index (χ1n) is 10.9. The molecule has 7 heterocycles. The molecular weight excluding hydrogens is 420 g/mol. The number of anilines is 2. The van der Waals surface area contributed by atoms with Crippen molar-refractivity contribution < 1.29 is 9.84 Å². The second kappa shape index (κ2) is 7.59. The molecule has 2 unspecified atom stereocenters. The summed E-state index contributed by atoms with van der Waals surface area (Å²) >= 11 is 0. The van der Waals surface area contributed by atoms with Crippen LogP contribution >= 0.6 is 0 Å². The summed E-state index contributed by atoms with van der Waals surface area (Å²) in [5, 5.41) is 14.2. The summed E-state index contributed by atoms with van der Waals surface area (Å²) in [4.78, 5) is 18.5. The zero-order valence-electron chi connectivity index (χ0n) is 18.2. The minimum atomic E-state index is 0.0924. The number of methoxy groups -OCH3 is 1. The van der Waals surface area contributed by atoms with E-state index >= 15 is 0 Å². The molecule has 0 amide bonds. The Bertz CT molecular complexity index is 1290. The van der Waals surface area contributed by atoms with Gasteiger partial charge in [0.15, 0.2) is 0 Å². The van der Waals surface area contributed by atoms with E-state index in [1.807, 2.05) is 12.3 Å². The first kappa shape index (κ1) is 19.7. The SMILES string of the molecule is COc1ccc(CN2C3CC2CN(c2cnc(-c4cc(O)cn5ncc(N)c45)cn2)C3)cn1. The fourth-order valence-corrected chi connectivity index (χ4v) is 4.92. The Morgan fingerprint density at radius 3 is 2.64 bits per heavy atom. The van der Waals surface area contributed by atoms with E-state index in [1.165, 1.54) is 18.2 Å². The lowest BCUT2D eigenvalue weighted by molar-refractivity contribution is -0.00879. The summed E-state index contributed by atoms with van der Waals surface area (Å²) in [6.07, 6.45) is 9.70. The van der Waals surface area contributed by atoms with Gasteiger partial charge >= 0.3 is 0 Å². The van der Waals surface area contributed by atoms with Crippen LogP contribution in [0.4, 0.5) is 11.5 Å². The molecule has 3 N–H and O–H groups in total. The molecule has 168 valence electrons. The second-order valence-electron chi connectivity index (χ2n) is 8.59. The number of piperazine rings is 1. The lowest BCUT2D eigenvalue weighted by Gasteiger charge is -2.56. The molecule has 0 aliphatic carbocycles. The van der Waals surface area contributed by atoms with Crippen LogP contribution in [0, 0.1) is 0 Å². The largest absolute Gasteiger partial charge is 0.506 e. The molecular formula is C23H24N8O2. The van der Waals surface area contributed by atoms with Crippen LogP contribution < -0.4 is 15.4 Å². The zero-order chi connectivity index (χ0) is 22.5. The zero-order valence-corrected chi connectivity index (χ0v) is 18.2. The standard InChI is InChI=1S/C23H24N8O2/c1-33-22-3-2-14(6-27-22)10-30-15-4-16(30)12-29(11-15)21-9-25-20(8-26-21)18-5-17(32)13-31-23(18)19(24)7-28-31/h2-3,5-9,13,15-16,32H,4,10-12,24H2,1H3. The van der Waals surface area contributed by atoms with Gasteiger partial charge in [-0.15, -0.1) is 0 Å². The van der Waals surface area contributed by atoms with Crippen LogP contribution in [0.5, 0.6) is 11.6 Å². The molecule has 2 atom stereocenters. The molecule has 0 spiro atoms. The van der Waals surface area contributed by atoms with Crippen molar-refractivity contribution in [2.45, 2.75) is 25.0 Å². The minimum absolute atomic E-state index is 0.0924. The van der Waals surface area contributed by atoms with E-state index in [4.69, 9.17) is 10.5 Å². The second-order valence-corrected chi connectivity index (χ2v) is 8.59. The van der Waals surface area contributed by atoms with Crippen LogP contribution in [0.3, 0.4) is 0 Å². The molecule has 7 rings (SSSR count). The van der Waals surface area contributed by atoms with Gasteiger partial charge in [0.2, 0.25) is 5.88 Å². The topological polar surface area (TPSA) is 118 Å². The van der Waals surface area contributed by atoms with Crippen LogP contribution in [0.2, 0.25) is 0 Å². The minimum Gasteiger partial charge on any atom is -0.506 e. The number of rotatable bonds is 5. The fraction of sp³-hybridized carbons (Fsp3) is 0.304. The summed E-state index contributed by atoms with van der Waals surface area (Å²) in [6.45, 7) is 2.73. The molecule has 10 nitrogen and oxygen atoms in total. The molecule has 3 saturated heterocycles. The predicted octanol–water partition coefficient (Wildman–Crippen LogP) is 1.95. The van der Waals surface area contributed by atoms with Gasteiger partial charge in [-0.05, 0) is 18.1 Å². The number of nitrogen functional groups attached to an aromatic ring is 1. The van der Waals surface area contributed by atoms with Gasteiger partial charge in [-0.1, -0.05) is 6.07 Å². The number of ether oxygens (including phenoxy) is 1. The van der Waals surface area contributed by atoms with Crippen molar-refractivity contribution in [2.75, 3.05) is 30.8 Å². The highest BCUT2D eigenvalue weighted by atomic mass is 16.5. The lowest BCUT2D eigenvalue weighted by Crippen LogP contribution is -2.68. The maximum atomic E-state index is 10.1. The Kier molecular flexibility index (Phi) is 4.54. The quantitative estimate of drug-likeness (QED) is 0.476. The van der Waals surface area contributed by atoms with E-state index in [0.29, 0.717) is 40.4 Å². The Morgan fingerprint density at radius 1 is 1.09 bits per heavy atom. The van der Waals surface area contributed by atoms with Crippen molar-refractivity contribution >= 4 is 17.0 Å². The van der Waals surface area contributed by atoms with Gasteiger partial charge in [-0.2, -0.15) is 5.10 Å². The molecule has 10 heteroatoms. The number of hydrogen-bond donors (Lipinski definition) is 2. The van der Waals surface area contributed by atoms with Gasteiger partial charge < -0.3 is 20.5 Å². The molecule has 4 aromatic rings. The average Bonchev–Trinajstić information content (AvgIpc) is 3.22. The monoisotopic (exact) mass is 444 g/mol. The highest BCUT2D eigenvalue weighted by molar-refractivity contribution is 5.87. The highest BCUT2D eigenvalue weighted by Crippen LogP contribution is 2.36. The van der Waals surface area contributed by atoms with Crippen LogP contribution in [0.15, 0.2) is 49.2 Å².